The molecule has 1 aromatic carbocycles. The highest BCUT2D eigenvalue weighted by atomic mass is 32.1. The van der Waals surface area contributed by atoms with Crippen LogP contribution in [0, 0.1) is 0 Å². The molecule has 4 heteroatoms. The molecular weight excluding hydrogens is 242 g/mol. The third-order valence-corrected chi connectivity index (χ3v) is 4.42. The van der Waals surface area contributed by atoms with Crippen LogP contribution in [0.25, 0.3) is 0 Å². The highest BCUT2D eigenvalue weighted by molar-refractivity contribution is 7.09. The Kier molecular flexibility index (Phi) is 2.36. The van der Waals surface area contributed by atoms with E-state index in [1.165, 1.54) is 35.5 Å². The van der Waals surface area contributed by atoms with Gasteiger partial charge in [0.25, 0.3) is 0 Å². The molecule has 1 aromatic heterocycles. The van der Waals surface area contributed by atoms with Crippen LogP contribution in [-0.2, 0) is 12.8 Å². The van der Waals surface area contributed by atoms with Crippen LogP contribution in [-0.4, -0.2) is 15.4 Å². The monoisotopic (exact) mass is 257 g/mol. The lowest BCUT2D eigenvalue weighted by Gasteiger charge is -2.02. The number of rotatable bonds is 3. The van der Waals surface area contributed by atoms with Crippen molar-refractivity contribution in [2.75, 3.05) is 5.32 Å². The predicted octanol–water partition coefficient (Wildman–Crippen LogP) is 2.99. The number of fused-ring (bicyclic) bond motifs is 1. The lowest BCUT2D eigenvalue weighted by atomic mass is 10.1. The van der Waals surface area contributed by atoms with Crippen LogP contribution in [0.1, 0.15) is 35.7 Å². The summed E-state index contributed by atoms with van der Waals surface area (Å²) in [6.45, 7) is 0. The maximum atomic E-state index is 4.65. The van der Waals surface area contributed by atoms with Gasteiger partial charge in [-0.1, -0.05) is 24.3 Å². The zero-order chi connectivity index (χ0) is 11.9. The highest BCUT2D eigenvalue weighted by Crippen LogP contribution is 2.34. The molecule has 4 rings (SSSR count). The van der Waals surface area contributed by atoms with Gasteiger partial charge in [0.1, 0.15) is 5.82 Å². The van der Waals surface area contributed by atoms with E-state index in [2.05, 4.69) is 38.9 Å². The lowest BCUT2D eigenvalue weighted by Crippen LogP contribution is -2.03. The summed E-state index contributed by atoms with van der Waals surface area (Å²) in [5, 5.41) is 4.43. The van der Waals surface area contributed by atoms with Crippen LogP contribution in [0.5, 0.6) is 0 Å². The fourth-order valence-electron chi connectivity index (χ4n) is 2.60. The molecule has 0 atom stereocenters. The van der Waals surface area contributed by atoms with Crippen molar-refractivity contribution in [2.45, 2.75) is 37.6 Å². The second kappa shape index (κ2) is 4.05. The molecule has 0 unspecified atom stereocenters. The van der Waals surface area contributed by atoms with Crippen molar-refractivity contribution in [2.24, 2.45) is 0 Å². The molecule has 18 heavy (non-hydrogen) atoms. The van der Waals surface area contributed by atoms with E-state index in [1.54, 1.807) is 0 Å². The predicted molar refractivity (Wildman–Crippen MR) is 73.1 cm³/mol. The Morgan fingerprint density at radius 2 is 1.83 bits per heavy atom. The molecule has 1 N–H and O–H groups in total. The Morgan fingerprint density at radius 3 is 2.50 bits per heavy atom. The Balaban J connectivity index is 1.53. The minimum atomic E-state index is 0.480. The van der Waals surface area contributed by atoms with Crippen molar-refractivity contribution < 1.29 is 0 Å². The van der Waals surface area contributed by atoms with Crippen LogP contribution < -0.4 is 5.32 Å². The SMILES string of the molecule is c1ccc2c(c1)CC(c1nsc(NC3CC3)n1)C2. The van der Waals surface area contributed by atoms with Gasteiger partial charge in [-0.15, -0.1) is 0 Å². The number of anilines is 1. The first kappa shape index (κ1) is 10.5. The average Bonchev–Trinajstić information content (AvgIpc) is 2.92. The van der Waals surface area contributed by atoms with Gasteiger partial charge in [0.15, 0.2) is 0 Å². The molecule has 92 valence electrons. The van der Waals surface area contributed by atoms with Crippen molar-refractivity contribution in [3.05, 3.63) is 41.2 Å². The number of benzene rings is 1. The first-order valence-corrected chi connectivity index (χ1v) is 7.33. The summed E-state index contributed by atoms with van der Waals surface area (Å²) in [4.78, 5) is 4.65. The summed E-state index contributed by atoms with van der Waals surface area (Å²) in [6, 6.07) is 9.35. The standard InChI is InChI=1S/C14H15N3S/c1-2-4-10-8-11(7-9(10)3-1)13-16-14(18-17-13)15-12-5-6-12/h1-4,11-12H,5-8H2,(H,15,16,17). The molecule has 1 fully saturated rings. The van der Waals surface area contributed by atoms with Crippen LogP contribution in [0.15, 0.2) is 24.3 Å². The van der Waals surface area contributed by atoms with E-state index in [9.17, 15) is 0 Å². The normalized spacial score (nSPS) is 18.9. The maximum absolute atomic E-state index is 4.65. The van der Waals surface area contributed by atoms with Crippen molar-refractivity contribution >= 4 is 16.7 Å². The molecule has 2 aliphatic rings. The second-order valence-electron chi connectivity index (χ2n) is 5.25. The molecule has 1 heterocycles. The number of nitrogens with one attached hydrogen (secondary N) is 1. The first-order chi connectivity index (χ1) is 8.88. The first-order valence-electron chi connectivity index (χ1n) is 6.55. The molecule has 0 saturated heterocycles. The van der Waals surface area contributed by atoms with Gasteiger partial charge in [-0.25, -0.2) is 4.98 Å². The lowest BCUT2D eigenvalue weighted by molar-refractivity contribution is 0.697. The van der Waals surface area contributed by atoms with Gasteiger partial charge in [0.2, 0.25) is 5.13 Å². The van der Waals surface area contributed by atoms with E-state index < -0.39 is 0 Å². The summed E-state index contributed by atoms with van der Waals surface area (Å²) in [6.07, 6.45) is 4.75. The molecule has 0 amide bonds. The quantitative estimate of drug-likeness (QED) is 0.918. The molecule has 3 nitrogen and oxygen atoms in total. The van der Waals surface area contributed by atoms with E-state index in [4.69, 9.17) is 0 Å². The third kappa shape index (κ3) is 1.90. The number of hydrogen-bond donors (Lipinski definition) is 1. The van der Waals surface area contributed by atoms with Gasteiger partial charge in [-0.3, -0.25) is 0 Å². The molecule has 2 aliphatic carbocycles. The van der Waals surface area contributed by atoms with Crippen molar-refractivity contribution in [1.82, 2.24) is 9.36 Å². The van der Waals surface area contributed by atoms with Crippen LogP contribution in [0.2, 0.25) is 0 Å². The van der Waals surface area contributed by atoms with Gasteiger partial charge in [-0.05, 0) is 36.8 Å². The molecule has 0 radical (unpaired) electrons. The van der Waals surface area contributed by atoms with Crippen molar-refractivity contribution in [1.29, 1.82) is 0 Å². The Bertz CT molecular complexity index is 549. The minimum Gasteiger partial charge on any atom is -0.358 e. The van der Waals surface area contributed by atoms with E-state index in [0.717, 1.165) is 23.8 Å². The smallest absolute Gasteiger partial charge is 0.202 e. The zero-order valence-corrected chi connectivity index (χ0v) is 10.9. The average molecular weight is 257 g/mol. The highest BCUT2D eigenvalue weighted by Gasteiger charge is 2.27. The Morgan fingerprint density at radius 1 is 1.11 bits per heavy atom. The molecule has 1 saturated carbocycles. The van der Waals surface area contributed by atoms with Crippen molar-refractivity contribution in [3.63, 3.8) is 0 Å². The van der Waals surface area contributed by atoms with Gasteiger partial charge < -0.3 is 5.32 Å². The molecule has 2 aromatic rings. The second-order valence-corrected chi connectivity index (χ2v) is 6.00. The summed E-state index contributed by atoms with van der Waals surface area (Å²) in [5.74, 6) is 1.51. The Hall–Kier alpha value is -1.42. The molecular formula is C14H15N3S. The van der Waals surface area contributed by atoms with Gasteiger partial charge in [0.05, 0.1) is 0 Å². The molecule has 0 bridgehead atoms. The summed E-state index contributed by atoms with van der Waals surface area (Å²) in [7, 11) is 0. The number of hydrogen-bond acceptors (Lipinski definition) is 4. The maximum Gasteiger partial charge on any atom is 0.202 e. The largest absolute Gasteiger partial charge is 0.358 e. The van der Waals surface area contributed by atoms with Crippen molar-refractivity contribution in [3.8, 4) is 0 Å². The van der Waals surface area contributed by atoms with Crippen LogP contribution >= 0.6 is 11.5 Å². The number of aromatic nitrogens is 2. The fourth-order valence-corrected chi connectivity index (χ4v) is 3.33. The summed E-state index contributed by atoms with van der Waals surface area (Å²) in [5.41, 5.74) is 2.93. The third-order valence-electron chi connectivity index (χ3n) is 3.76. The molecule has 0 spiro atoms. The van der Waals surface area contributed by atoms with Crippen LogP contribution in [0.4, 0.5) is 5.13 Å². The van der Waals surface area contributed by atoms with E-state index in [-0.39, 0.29) is 0 Å². The fraction of sp³-hybridized carbons (Fsp3) is 0.429. The molecule has 0 aliphatic heterocycles. The zero-order valence-electron chi connectivity index (χ0n) is 10.1. The van der Waals surface area contributed by atoms with E-state index in [1.807, 2.05) is 0 Å². The van der Waals surface area contributed by atoms with E-state index >= 15 is 0 Å². The Labute approximate surface area is 110 Å². The van der Waals surface area contributed by atoms with Gasteiger partial charge in [-0.2, -0.15) is 4.37 Å². The van der Waals surface area contributed by atoms with Gasteiger partial charge >= 0.3 is 0 Å². The summed E-state index contributed by atoms with van der Waals surface area (Å²) >= 11 is 1.51. The summed E-state index contributed by atoms with van der Waals surface area (Å²) < 4.78 is 4.53. The van der Waals surface area contributed by atoms with E-state index in [0.29, 0.717) is 12.0 Å². The van der Waals surface area contributed by atoms with Gasteiger partial charge in [0, 0.05) is 23.5 Å². The minimum absolute atomic E-state index is 0.480. The number of nitrogens with zero attached hydrogens (tertiary/aromatic N) is 2. The van der Waals surface area contributed by atoms with Crippen LogP contribution in [0.3, 0.4) is 0 Å². The topological polar surface area (TPSA) is 37.8 Å².